The molecule has 10 heteroatoms. The van der Waals surface area contributed by atoms with Crippen LogP contribution in [0.4, 0.5) is 4.79 Å². The highest BCUT2D eigenvalue weighted by atomic mass is 32.2. The van der Waals surface area contributed by atoms with Crippen molar-refractivity contribution in [2.75, 3.05) is 5.75 Å². The first-order chi connectivity index (χ1) is 15.8. The molecular weight excluding hydrogens is 440 g/mol. The molecule has 2 N–H and O–H groups in total. The monoisotopic (exact) mass is 464 g/mol. The summed E-state index contributed by atoms with van der Waals surface area (Å²) in [7, 11) is 0. The summed E-state index contributed by atoms with van der Waals surface area (Å²) in [4.78, 5) is 37.5. The molecule has 0 spiro atoms. The van der Waals surface area contributed by atoms with Gasteiger partial charge in [0.05, 0.1) is 22.3 Å². The number of urea groups is 1. The van der Waals surface area contributed by atoms with E-state index in [-0.39, 0.29) is 17.4 Å². The average molecular weight is 465 g/mol. The van der Waals surface area contributed by atoms with E-state index < -0.39 is 11.9 Å². The van der Waals surface area contributed by atoms with Gasteiger partial charge in [-0.15, -0.1) is 10.2 Å². The number of carbonyl (C=O) groups excluding carboxylic acids is 2. The van der Waals surface area contributed by atoms with Gasteiger partial charge in [-0.3, -0.25) is 19.3 Å². The quantitative estimate of drug-likeness (QED) is 0.440. The normalized spacial score (nSPS) is 11.3. The topological polar surface area (TPSA) is 110 Å². The van der Waals surface area contributed by atoms with E-state index in [4.69, 9.17) is 0 Å². The van der Waals surface area contributed by atoms with Crippen LogP contribution < -0.4 is 16.2 Å². The maximum atomic E-state index is 13.5. The Morgan fingerprint density at radius 3 is 2.42 bits per heavy atom. The number of hydrogen-bond donors (Lipinski definition) is 2. The molecular formula is C23H24N6O3S. The Balaban J connectivity index is 1.80. The first-order valence-electron chi connectivity index (χ1n) is 10.5. The molecule has 0 aliphatic rings. The van der Waals surface area contributed by atoms with Crippen molar-refractivity contribution in [2.24, 2.45) is 0 Å². The molecule has 0 unspecified atom stereocenters. The minimum Gasteiger partial charge on any atom is -0.336 e. The van der Waals surface area contributed by atoms with Gasteiger partial charge in [-0.05, 0) is 51.0 Å². The van der Waals surface area contributed by atoms with E-state index in [0.717, 1.165) is 28.6 Å². The lowest BCUT2D eigenvalue weighted by atomic mass is 10.1. The second kappa shape index (κ2) is 9.07. The molecule has 4 rings (SSSR count). The molecule has 0 saturated heterocycles. The molecule has 2 aromatic carbocycles. The molecule has 0 radical (unpaired) electrons. The third kappa shape index (κ3) is 4.34. The van der Waals surface area contributed by atoms with Gasteiger partial charge >= 0.3 is 6.03 Å². The van der Waals surface area contributed by atoms with Crippen molar-refractivity contribution in [3.63, 3.8) is 0 Å². The fraction of sp³-hybridized carbons (Fsp3) is 0.261. The lowest BCUT2D eigenvalue weighted by Crippen LogP contribution is -2.43. The van der Waals surface area contributed by atoms with Crippen LogP contribution in [0.2, 0.25) is 0 Å². The van der Waals surface area contributed by atoms with Crippen LogP contribution in [0.15, 0.2) is 52.4 Å². The Labute approximate surface area is 194 Å². The van der Waals surface area contributed by atoms with Crippen LogP contribution in [0.3, 0.4) is 0 Å². The van der Waals surface area contributed by atoms with Gasteiger partial charge in [-0.1, -0.05) is 42.1 Å². The van der Waals surface area contributed by atoms with Gasteiger partial charge in [0.25, 0.3) is 5.56 Å². The summed E-state index contributed by atoms with van der Waals surface area (Å²) in [5.41, 5.74) is 3.07. The second-order valence-corrected chi connectivity index (χ2v) is 8.92. The van der Waals surface area contributed by atoms with Gasteiger partial charge < -0.3 is 5.32 Å². The summed E-state index contributed by atoms with van der Waals surface area (Å²) in [6.07, 6.45) is 0. The van der Waals surface area contributed by atoms with Crippen LogP contribution in [-0.2, 0) is 4.79 Å². The Bertz CT molecular complexity index is 1420. The van der Waals surface area contributed by atoms with E-state index in [1.165, 1.54) is 0 Å². The maximum Gasteiger partial charge on any atom is 0.321 e. The number of rotatable bonds is 5. The molecule has 9 nitrogen and oxygen atoms in total. The van der Waals surface area contributed by atoms with Gasteiger partial charge in [0.15, 0.2) is 5.16 Å². The third-order valence-corrected chi connectivity index (χ3v) is 5.99. The molecule has 33 heavy (non-hydrogen) atoms. The summed E-state index contributed by atoms with van der Waals surface area (Å²) in [6.45, 7) is 7.50. The van der Waals surface area contributed by atoms with Crippen LogP contribution in [0.5, 0.6) is 0 Å². The van der Waals surface area contributed by atoms with Crippen molar-refractivity contribution in [2.45, 2.75) is 38.9 Å². The SMILES string of the molecule is Cc1cccc(C)c1-n1c(=O)c2ccccc2n2c(SCC(=O)NC(=O)NC(C)C)nnc12. The second-order valence-electron chi connectivity index (χ2n) is 7.98. The summed E-state index contributed by atoms with van der Waals surface area (Å²) in [6, 6.07) is 12.4. The Morgan fingerprint density at radius 2 is 1.73 bits per heavy atom. The first kappa shape index (κ1) is 22.5. The zero-order valence-electron chi connectivity index (χ0n) is 18.7. The molecule has 4 aromatic rings. The Morgan fingerprint density at radius 1 is 1.03 bits per heavy atom. The van der Waals surface area contributed by atoms with E-state index in [2.05, 4.69) is 20.8 Å². The van der Waals surface area contributed by atoms with Gasteiger partial charge in [0.1, 0.15) is 0 Å². The zero-order chi connectivity index (χ0) is 23.7. The van der Waals surface area contributed by atoms with E-state index in [1.807, 2.05) is 64.1 Å². The Hall–Kier alpha value is -3.66. The summed E-state index contributed by atoms with van der Waals surface area (Å²) >= 11 is 1.14. The number of imide groups is 1. The van der Waals surface area contributed by atoms with Crippen molar-refractivity contribution < 1.29 is 9.59 Å². The smallest absolute Gasteiger partial charge is 0.321 e. The fourth-order valence-corrected chi connectivity index (χ4v) is 4.46. The molecule has 3 amide bonds. The van der Waals surface area contributed by atoms with Gasteiger partial charge in [-0.25, -0.2) is 9.36 Å². The zero-order valence-corrected chi connectivity index (χ0v) is 19.6. The van der Waals surface area contributed by atoms with Crippen LogP contribution in [-0.4, -0.2) is 42.9 Å². The lowest BCUT2D eigenvalue weighted by Gasteiger charge is -2.15. The van der Waals surface area contributed by atoms with Crippen molar-refractivity contribution in [1.82, 2.24) is 29.8 Å². The van der Waals surface area contributed by atoms with E-state index in [9.17, 15) is 14.4 Å². The highest BCUT2D eigenvalue weighted by molar-refractivity contribution is 7.99. The van der Waals surface area contributed by atoms with Crippen molar-refractivity contribution in [1.29, 1.82) is 0 Å². The summed E-state index contributed by atoms with van der Waals surface area (Å²) in [5.74, 6) is -0.137. The number of carbonyl (C=O) groups is 2. The van der Waals surface area contributed by atoms with Crippen LogP contribution in [0.25, 0.3) is 22.4 Å². The number of fused-ring (bicyclic) bond motifs is 3. The number of para-hydroxylation sites is 2. The number of aryl methyl sites for hydroxylation is 2. The highest BCUT2D eigenvalue weighted by Gasteiger charge is 2.20. The number of benzene rings is 2. The van der Waals surface area contributed by atoms with Crippen molar-refractivity contribution in [3.8, 4) is 5.69 Å². The number of thioether (sulfide) groups is 1. The minimum absolute atomic E-state index is 0.0385. The molecule has 0 aliphatic carbocycles. The van der Waals surface area contributed by atoms with Gasteiger partial charge in [-0.2, -0.15) is 0 Å². The van der Waals surface area contributed by atoms with Crippen molar-refractivity contribution in [3.05, 3.63) is 63.9 Å². The highest BCUT2D eigenvalue weighted by Crippen LogP contribution is 2.25. The number of amides is 3. The fourth-order valence-electron chi connectivity index (χ4n) is 3.72. The number of nitrogens with one attached hydrogen (secondary N) is 2. The molecule has 0 atom stereocenters. The minimum atomic E-state index is -0.545. The van der Waals surface area contributed by atoms with Crippen LogP contribution in [0, 0.1) is 13.8 Å². The molecule has 0 fully saturated rings. The van der Waals surface area contributed by atoms with Crippen LogP contribution in [0.1, 0.15) is 25.0 Å². The van der Waals surface area contributed by atoms with E-state index >= 15 is 0 Å². The lowest BCUT2D eigenvalue weighted by molar-refractivity contribution is -0.117. The van der Waals surface area contributed by atoms with Crippen molar-refractivity contribution >= 4 is 40.4 Å². The van der Waals surface area contributed by atoms with E-state index in [1.54, 1.807) is 15.0 Å². The molecule has 2 heterocycles. The molecule has 0 saturated carbocycles. The first-order valence-corrected chi connectivity index (χ1v) is 11.4. The summed E-state index contributed by atoms with van der Waals surface area (Å²) in [5, 5.41) is 14.4. The largest absolute Gasteiger partial charge is 0.336 e. The average Bonchev–Trinajstić information content (AvgIpc) is 3.17. The maximum absolute atomic E-state index is 13.5. The van der Waals surface area contributed by atoms with Crippen LogP contribution >= 0.6 is 11.8 Å². The third-order valence-electron chi connectivity index (χ3n) is 5.06. The number of nitrogens with zero attached hydrogens (tertiary/aromatic N) is 4. The predicted molar refractivity (Wildman–Crippen MR) is 128 cm³/mol. The predicted octanol–water partition coefficient (Wildman–Crippen LogP) is 2.98. The Kier molecular flexibility index (Phi) is 6.19. The summed E-state index contributed by atoms with van der Waals surface area (Å²) < 4.78 is 3.34. The number of aromatic nitrogens is 4. The molecule has 0 bridgehead atoms. The molecule has 2 aromatic heterocycles. The van der Waals surface area contributed by atoms with E-state index in [0.29, 0.717) is 21.8 Å². The molecule has 170 valence electrons. The van der Waals surface area contributed by atoms with Gasteiger partial charge in [0, 0.05) is 6.04 Å². The van der Waals surface area contributed by atoms with Gasteiger partial charge in [0.2, 0.25) is 11.7 Å². The number of hydrogen-bond acceptors (Lipinski definition) is 6. The standard InChI is InChI=1S/C23H24N6O3S/c1-13(2)24-21(32)25-18(30)12-33-23-27-26-22-28(23)17-11-6-5-10-16(17)20(31)29(22)19-14(3)8-7-9-15(19)4/h5-11,13H,12H2,1-4H3,(H2,24,25,30,32). The molecule has 0 aliphatic heterocycles.